The van der Waals surface area contributed by atoms with Gasteiger partial charge in [0.25, 0.3) is 0 Å². The third-order valence-electron chi connectivity index (χ3n) is 3.54. The molecule has 0 amide bonds. The maximum atomic E-state index is 6.06. The number of likely N-dealkylation sites (N-methyl/N-ethyl adjacent to an activating group) is 1. The molecule has 0 N–H and O–H groups in total. The van der Waals surface area contributed by atoms with E-state index in [0.29, 0.717) is 5.88 Å². The first-order valence-electron chi connectivity index (χ1n) is 6.35. The van der Waals surface area contributed by atoms with E-state index < -0.39 is 0 Å². The van der Waals surface area contributed by atoms with Gasteiger partial charge in [0.1, 0.15) is 5.82 Å². The molecule has 6 heteroatoms. The predicted molar refractivity (Wildman–Crippen MR) is 82.4 cm³/mol. The van der Waals surface area contributed by atoms with Crippen LogP contribution >= 0.6 is 27.5 Å². The van der Waals surface area contributed by atoms with Gasteiger partial charge in [-0.15, -0.1) is 11.6 Å². The first kappa shape index (κ1) is 13.2. The second kappa shape index (κ2) is 5.31. The van der Waals surface area contributed by atoms with E-state index in [9.17, 15) is 0 Å². The van der Waals surface area contributed by atoms with Crippen LogP contribution in [0.25, 0.3) is 11.0 Å². The molecule has 3 rings (SSSR count). The number of piperazine rings is 1. The van der Waals surface area contributed by atoms with Gasteiger partial charge in [0, 0.05) is 30.7 Å². The number of hydrogen-bond acceptors (Lipinski definition) is 3. The Bertz CT molecular complexity index is 590. The van der Waals surface area contributed by atoms with Crippen LogP contribution in [0, 0.1) is 0 Å². The van der Waals surface area contributed by atoms with E-state index in [-0.39, 0.29) is 0 Å². The number of hydrogen-bond donors (Lipinski definition) is 0. The van der Waals surface area contributed by atoms with Crippen molar-refractivity contribution in [1.82, 2.24) is 14.6 Å². The molecule has 1 aliphatic rings. The van der Waals surface area contributed by atoms with Gasteiger partial charge in [-0.25, -0.2) is 9.66 Å². The molecule has 0 radical (unpaired) electrons. The minimum absolute atomic E-state index is 0.429. The number of nitrogens with zero attached hydrogens (tertiary/aromatic N) is 4. The minimum atomic E-state index is 0.429. The summed E-state index contributed by atoms with van der Waals surface area (Å²) in [5, 5.41) is 2.33. The van der Waals surface area contributed by atoms with Crippen molar-refractivity contribution >= 4 is 38.6 Å². The van der Waals surface area contributed by atoms with Crippen molar-refractivity contribution < 1.29 is 0 Å². The highest BCUT2D eigenvalue weighted by Gasteiger charge is 2.19. The van der Waals surface area contributed by atoms with E-state index in [1.165, 1.54) is 0 Å². The van der Waals surface area contributed by atoms with Gasteiger partial charge in [0.15, 0.2) is 0 Å². The molecule has 0 saturated carbocycles. The highest BCUT2D eigenvalue weighted by atomic mass is 79.9. The van der Waals surface area contributed by atoms with Gasteiger partial charge in [-0.1, -0.05) is 15.9 Å². The summed E-state index contributed by atoms with van der Waals surface area (Å²) < 4.78 is 3.23. The Kier molecular flexibility index (Phi) is 3.69. The summed E-state index contributed by atoms with van der Waals surface area (Å²) in [7, 11) is 2.16. The molecule has 1 aromatic carbocycles. The van der Waals surface area contributed by atoms with Crippen LogP contribution in [0.2, 0.25) is 0 Å². The van der Waals surface area contributed by atoms with Crippen molar-refractivity contribution in [1.29, 1.82) is 0 Å². The van der Waals surface area contributed by atoms with Gasteiger partial charge in [-0.3, -0.25) is 0 Å². The molecule has 2 aromatic rings. The Morgan fingerprint density at radius 2 is 2.00 bits per heavy atom. The van der Waals surface area contributed by atoms with Crippen molar-refractivity contribution in [3.63, 3.8) is 0 Å². The number of imidazole rings is 1. The SMILES string of the molecule is CN1CCN(n2c(CCl)nc3cc(Br)ccc32)CC1. The third-order valence-corrected chi connectivity index (χ3v) is 4.27. The van der Waals surface area contributed by atoms with E-state index in [0.717, 1.165) is 47.5 Å². The number of benzene rings is 1. The van der Waals surface area contributed by atoms with Crippen molar-refractivity contribution in [3.8, 4) is 0 Å². The van der Waals surface area contributed by atoms with Crippen LogP contribution in [0.5, 0.6) is 0 Å². The summed E-state index contributed by atoms with van der Waals surface area (Å²) in [6.45, 7) is 4.14. The maximum absolute atomic E-state index is 6.06. The topological polar surface area (TPSA) is 24.3 Å². The summed E-state index contributed by atoms with van der Waals surface area (Å²) in [6, 6.07) is 6.19. The molecule has 1 fully saturated rings. The van der Waals surface area contributed by atoms with Gasteiger partial charge in [-0.05, 0) is 25.2 Å². The average molecular weight is 344 g/mol. The number of alkyl halides is 1. The molecular formula is C13H16BrClN4. The van der Waals surface area contributed by atoms with Gasteiger partial charge < -0.3 is 9.91 Å². The Labute approximate surface area is 126 Å². The fraction of sp³-hybridized carbons (Fsp3) is 0.462. The summed E-state index contributed by atoms with van der Waals surface area (Å²) in [5.74, 6) is 1.35. The van der Waals surface area contributed by atoms with Crippen LogP contribution in [-0.4, -0.2) is 47.8 Å². The summed E-state index contributed by atoms with van der Waals surface area (Å²) in [5.41, 5.74) is 2.12. The highest BCUT2D eigenvalue weighted by molar-refractivity contribution is 9.10. The van der Waals surface area contributed by atoms with Crippen LogP contribution in [0.4, 0.5) is 0 Å². The van der Waals surface area contributed by atoms with Crippen LogP contribution in [0.3, 0.4) is 0 Å². The van der Waals surface area contributed by atoms with Gasteiger partial charge in [0.2, 0.25) is 0 Å². The Morgan fingerprint density at radius 3 is 2.68 bits per heavy atom. The summed E-state index contributed by atoms with van der Waals surface area (Å²) in [6.07, 6.45) is 0. The highest BCUT2D eigenvalue weighted by Crippen LogP contribution is 2.22. The predicted octanol–water partition coefficient (Wildman–Crippen LogP) is 2.42. The second-order valence-corrected chi connectivity index (χ2v) is 6.05. The molecular weight excluding hydrogens is 328 g/mol. The lowest BCUT2D eigenvalue weighted by atomic mass is 10.3. The first-order chi connectivity index (χ1) is 9.19. The fourth-order valence-corrected chi connectivity index (χ4v) is 3.01. The monoisotopic (exact) mass is 342 g/mol. The number of aromatic nitrogens is 2. The van der Waals surface area contributed by atoms with E-state index in [2.05, 4.69) is 54.7 Å². The largest absolute Gasteiger partial charge is 0.308 e. The zero-order valence-electron chi connectivity index (χ0n) is 10.8. The number of fused-ring (bicyclic) bond motifs is 1. The second-order valence-electron chi connectivity index (χ2n) is 4.86. The Hall–Kier alpha value is -0.780. The maximum Gasteiger partial charge on any atom is 0.143 e. The van der Waals surface area contributed by atoms with Gasteiger partial charge in [0.05, 0.1) is 16.9 Å². The zero-order valence-corrected chi connectivity index (χ0v) is 13.2. The van der Waals surface area contributed by atoms with Crippen molar-refractivity contribution in [2.45, 2.75) is 5.88 Å². The van der Waals surface area contributed by atoms with E-state index in [1.54, 1.807) is 0 Å². The molecule has 0 aliphatic carbocycles. The van der Waals surface area contributed by atoms with Crippen molar-refractivity contribution in [2.75, 3.05) is 38.2 Å². The number of rotatable bonds is 2. The molecule has 0 spiro atoms. The van der Waals surface area contributed by atoms with Crippen LogP contribution in [0.1, 0.15) is 5.82 Å². The molecule has 0 atom stereocenters. The van der Waals surface area contributed by atoms with Gasteiger partial charge in [-0.2, -0.15) is 0 Å². The molecule has 19 heavy (non-hydrogen) atoms. The first-order valence-corrected chi connectivity index (χ1v) is 7.68. The lowest BCUT2D eigenvalue weighted by Gasteiger charge is -2.35. The van der Waals surface area contributed by atoms with E-state index >= 15 is 0 Å². The molecule has 1 aliphatic heterocycles. The molecule has 0 bridgehead atoms. The number of halogens is 2. The van der Waals surface area contributed by atoms with E-state index in [1.807, 2.05) is 6.07 Å². The molecule has 2 heterocycles. The molecule has 0 unspecified atom stereocenters. The quantitative estimate of drug-likeness (QED) is 0.783. The zero-order chi connectivity index (χ0) is 13.4. The van der Waals surface area contributed by atoms with Crippen LogP contribution in [0.15, 0.2) is 22.7 Å². The lowest BCUT2D eigenvalue weighted by Crippen LogP contribution is -2.50. The molecule has 1 aromatic heterocycles. The Morgan fingerprint density at radius 1 is 1.26 bits per heavy atom. The van der Waals surface area contributed by atoms with Crippen molar-refractivity contribution in [3.05, 3.63) is 28.5 Å². The average Bonchev–Trinajstić information content (AvgIpc) is 2.77. The summed E-state index contributed by atoms with van der Waals surface area (Å²) in [4.78, 5) is 6.97. The smallest absolute Gasteiger partial charge is 0.143 e. The minimum Gasteiger partial charge on any atom is -0.308 e. The summed E-state index contributed by atoms with van der Waals surface area (Å²) >= 11 is 9.55. The van der Waals surface area contributed by atoms with Crippen LogP contribution in [-0.2, 0) is 5.88 Å². The molecule has 1 saturated heterocycles. The lowest BCUT2D eigenvalue weighted by molar-refractivity contribution is 0.288. The molecule has 4 nitrogen and oxygen atoms in total. The fourth-order valence-electron chi connectivity index (χ4n) is 2.49. The van der Waals surface area contributed by atoms with Crippen molar-refractivity contribution in [2.24, 2.45) is 0 Å². The third kappa shape index (κ3) is 2.47. The van der Waals surface area contributed by atoms with Crippen LogP contribution < -0.4 is 5.01 Å². The van der Waals surface area contributed by atoms with Gasteiger partial charge >= 0.3 is 0 Å². The van der Waals surface area contributed by atoms with E-state index in [4.69, 9.17) is 11.6 Å². The standard InChI is InChI=1S/C13H16BrClN4/c1-17-4-6-18(7-5-17)19-12-3-2-10(14)8-11(12)16-13(19)9-15/h2-3,8H,4-7,9H2,1H3. The Balaban J connectivity index is 2.05. The molecule has 102 valence electrons. The normalized spacial score (nSPS) is 17.3.